The highest BCUT2D eigenvalue weighted by atomic mass is 16.5. The Bertz CT molecular complexity index is 332. The predicted octanol–water partition coefficient (Wildman–Crippen LogP) is 2.53. The van der Waals surface area contributed by atoms with Crippen molar-refractivity contribution in [2.45, 2.75) is 25.6 Å². The first-order chi connectivity index (χ1) is 7.86. The molecule has 16 heavy (non-hydrogen) atoms. The molecular formula is C14H18O2. The van der Waals surface area contributed by atoms with Crippen LogP contribution in [-0.4, -0.2) is 17.8 Å². The maximum absolute atomic E-state index is 9.73. The molecule has 1 N–H and O–H groups in total. The molecular weight excluding hydrogens is 200 g/mol. The van der Waals surface area contributed by atoms with Crippen molar-refractivity contribution in [2.24, 2.45) is 5.92 Å². The van der Waals surface area contributed by atoms with Gasteiger partial charge >= 0.3 is 0 Å². The largest absolute Gasteiger partial charge is 0.392 e. The van der Waals surface area contributed by atoms with E-state index in [0.29, 0.717) is 13.2 Å². The zero-order valence-electron chi connectivity index (χ0n) is 9.38. The van der Waals surface area contributed by atoms with E-state index < -0.39 is 0 Å². The number of aliphatic hydroxyl groups excluding tert-OH is 1. The number of aliphatic hydroxyl groups is 1. The first-order valence-electron chi connectivity index (χ1n) is 5.81. The van der Waals surface area contributed by atoms with Crippen LogP contribution in [0.15, 0.2) is 42.5 Å². The van der Waals surface area contributed by atoms with E-state index in [1.54, 1.807) is 0 Å². The van der Waals surface area contributed by atoms with Gasteiger partial charge in [0.25, 0.3) is 0 Å². The van der Waals surface area contributed by atoms with Crippen molar-refractivity contribution >= 4 is 0 Å². The average Bonchev–Trinajstić information content (AvgIpc) is 2.33. The summed E-state index contributed by atoms with van der Waals surface area (Å²) < 4.78 is 5.64. The molecule has 0 radical (unpaired) electrons. The van der Waals surface area contributed by atoms with Crippen LogP contribution in [0.25, 0.3) is 0 Å². The Labute approximate surface area is 96.6 Å². The Hall–Kier alpha value is -1.12. The molecule has 2 rings (SSSR count). The molecule has 0 fully saturated rings. The standard InChI is InChI=1S/C14H18O2/c15-14-9-5-4-8-13(14)11-16-10-12-6-2-1-3-7-12/h1-7,13-15H,8-11H2/t13-,14+/m1/s1. The summed E-state index contributed by atoms with van der Waals surface area (Å²) in [5.74, 6) is 0.258. The lowest BCUT2D eigenvalue weighted by Gasteiger charge is -2.23. The van der Waals surface area contributed by atoms with E-state index in [-0.39, 0.29) is 12.0 Å². The molecule has 2 nitrogen and oxygen atoms in total. The third-order valence-corrected chi connectivity index (χ3v) is 2.97. The zero-order chi connectivity index (χ0) is 11.2. The van der Waals surface area contributed by atoms with Crippen LogP contribution in [0.5, 0.6) is 0 Å². The molecule has 0 bridgehead atoms. The number of hydrogen-bond donors (Lipinski definition) is 1. The van der Waals surface area contributed by atoms with Gasteiger partial charge in [0.05, 0.1) is 19.3 Å². The molecule has 1 aliphatic rings. The van der Waals surface area contributed by atoms with Gasteiger partial charge in [-0.15, -0.1) is 0 Å². The number of rotatable bonds is 4. The van der Waals surface area contributed by atoms with Crippen molar-refractivity contribution in [3.05, 3.63) is 48.0 Å². The number of benzene rings is 1. The zero-order valence-corrected chi connectivity index (χ0v) is 9.38. The lowest BCUT2D eigenvalue weighted by atomic mass is 9.92. The van der Waals surface area contributed by atoms with Gasteiger partial charge in [-0.05, 0) is 18.4 Å². The van der Waals surface area contributed by atoms with Crippen molar-refractivity contribution < 1.29 is 9.84 Å². The Morgan fingerprint density at radius 1 is 1.12 bits per heavy atom. The molecule has 0 unspecified atom stereocenters. The van der Waals surface area contributed by atoms with Gasteiger partial charge in [0.15, 0.2) is 0 Å². The molecule has 0 amide bonds. The average molecular weight is 218 g/mol. The van der Waals surface area contributed by atoms with Gasteiger partial charge in [-0.2, -0.15) is 0 Å². The molecule has 0 aromatic heterocycles. The van der Waals surface area contributed by atoms with Crippen LogP contribution >= 0.6 is 0 Å². The summed E-state index contributed by atoms with van der Waals surface area (Å²) in [5.41, 5.74) is 1.18. The van der Waals surface area contributed by atoms with Gasteiger partial charge in [-0.1, -0.05) is 42.5 Å². The number of allylic oxidation sites excluding steroid dienone is 1. The van der Waals surface area contributed by atoms with Gasteiger partial charge in [0.1, 0.15) is 0 Å². The summed E-state index contributed by atoms with van der Waals surface area (Å²) in [5, 5.41) is 9.73. The van der Waals surface area contributed by atoms with Crippen LogP contribution in [0.4, 0.5) is 0 Å². The van der Waals surface area contributed by atoms with Gasteiger partial charge in [0, 0.05) is 5.92 Å². The minimum atomic E-state index is -0.235. The molecule has 0 saturated carbocycles. The van der Waals surface area contributed by atoms with Gasteiger partial charge in [0.2, 0.25) is 0 Å². The Morgan fingerprint density at radius 3 is 2.62 bits per heavy atom. The van der Waals surface area contributed by atoms with E-state index in [4.69, 9.17) is 4.74 Å². The summed E-state index contributed by atoms with van der Waals surface area (Å²) in [7, 11) is 0. The van der Waals surface area contributed by atoms with Gasteiger partial charge in [-0.3, -0.25) is 0 Å². The second-order valence-corrected chi connectivity index (χ2v) is 4.27. The summed E-state index contributed by atoms with van der Waals surface area (Å²) >= 11 is 0. The maximum atomic E-state index is 9.73. The quantitative estimate of drug-likeness (QED) is 0.787. The fourth-order valence-electron chi connectivity index (χ4n) is 1.94. The smallest absolute Gasteiger partial charge is 0.0717 e. The number of ether oxygens (including phenoxy) is 1. The van der Waals surface area contributed by atoms with Crippen molar-refractivity contribution in [2.75, 3.05) is 6.61 Å². The highest BCUT2D eigenvalue weighted by Crippen LogP contribution is 2.19. The Kier molecular flexibility index (Phi) is 4.14. The molecule has 0 heterocycles. The predicted molar refractivity (Wildman–Crippen MR) is 64.0 cm³/mol. The van der Waals surface area contributed by atoms with E-state index in [9.17, 15) is 5.11 Å². The van der Waals surface area contributed by atoms with Crippen LogP contribution in [0.1, 0.15) is 18.4 Å². The number of hydrogen-bond acceptors (Lipinski definition) is 2. The van der Waals surface area contributed by atoms with Crippen molar-refractivity contribution in [1.82, 2.24) is 0 Å². The first kappa shape index (κ1) is 11.4. The third kappa shape index (κ3) is 3.19. The van der Waals surface area contributed by atoms with Gasteiger partial charge in [-0.25, -0.2) is 0 Å². The second kappa shape index (κ2) is 5.83. The highest BCUT2D eigenvalue weighted by molar-refractivity contribution is 5.13. The van der Waals surface area contributed by atoms with Crippen LogP contribution in [0.3, 0.4) is 0 Å². The van der Waals surface area contributed by atoms with Crippen molar-refractivity contribution in [1.29, 1.82) is 0 Å². The van der Waals surface area contributed by atoms with Crippen molar-refractivity contribution in [3.63, 3.8) is 0 Å². The molecule has 2 heteroatoms. The fourth-order valence-corrected chi connectivity index (χ4v) is 1.94. The fraction of sp³-hybridized carbons (Fsp3) is 0.429. The molecule has 0 spiro atoms. The summed E-state index contributed by atoms with van der Waals surface area (Å²) in [4.78, 5) is 0. The Balaban J connectivity index is 1.74. The van der Waals surface area contributed by atoms with Crippen LogP contribution in [0.2, 0.25) is 0 Å². The summed E-state index contributed by atoms with van der Waals surface area (Å²) in [6.45, 7) is 1.27. The van der Waals surface area contributed by atoms with E-state index in [2.05, 4.69) is 18.2 Å². The van der Waals surface area contributed by atoms with E-state index in [1.165, 1.54) is 5.56 Å². The molecule has 1 aliphatic carbocycles. The SMILES string of the molecule is O[C@H]1CC=CC[C@@H]1COCc1ccccc1. The molecule has 2 atom stereocenters. The van der Waals surface area contributed by atoms with Crippen LogP contribution < -0.4 is 0 Å². The summed E-state index contributed by atoms with van der Waals surface area (Å²) in [6, 6.07) is 10.1. The highest BCUT2D eigenvalue weighted by Gasteiger charge is 2.19. The van der Waals surface area contributed by atoms with E-state index >= 15 is 0 Å². The lowest BCUT2D eigenvalue weighted by Crippen LogP contribution is -2.26. The first-order valence-corrected chi connectivity index (χ1v) is 5.81. The molecule has 86 valence electrons. The minimum absolute atomic E-state index is 0.235. The minimum Gasteiger partial charge on any atom is -0.392 e. The van der Waals surface area contributed by atoms with E-state index in [0.717, 1.165) is 12.8 Å². The maximum Gasteiger partial charge on any atom is 0.0717 e. The van der Waals surface area contributed by atoms with Crippen LogP contribution in [0, 0.1) is 5.92 Å². The molecule has 0 aliphatic heterocycles. The Morgan fingerprint density at radius 2 is 1.88 bits per heavy atom. The topological polar surface area (TPSA) is 29.5 Å². The normalized spacial score (nSPS) is 24.6. The molecule has 0 saturated heterocycles. The molecule has 1 aromatic rings. The lowest BCUT2D eigenvalue weighted by molar-refractivity contribution is 0.0204. The monoisotopic (exact) mass is 218 g/mol. The summed E-state index contributed by atoms with van der Waals surface area (Å²) in [6.07, 6.45) is 5.62. The van der Waals surface area contributed by atoms with Gasteiger partial charge < -0.3 is 9.84 Å². The van der Waals surface area contributed by atoms with Crippen molar-refractivity contribution in [3.8, 4) is 0 Å². The van der Waals surface area contributed by atoms with Crippen LogP contribution in [-0.2, 0) is 11.3 Å². The molecule has 1 aromatic carbocycles. The third-order valence-electron chi connectivity index (χ3n) is 2.97. The second-order valence-electron chi connectivity index (χ2n) is 4.27. The van der Waals surface area contributed by atoms with E-state index in [1.807, 2.05) is 24.3 Å².